The maximum Gasteiger partial charge on any atom is 2.00 e. The maximum absolute atomic E-state index is 5.88. The molecule has 0 saturated heterocycles. The van der Waals surface area contributed by atoms with E-state index in [1.54, 1.807) is 12.1 Å². The van der Waals surface area contributed by atoms with Crippen LogP contribution in [0.1, 0.15) is 53.2 Å². The molecule has 0 N–H and O–H groups in total. The van der Waals surface area contributed by atoms with Crippen LogP contribution in [-0.4, -0.2) is 39.5 Å². The van der Waals surface area contributed by atoms with Crippen molar-refractivity contribution in [1.29, 1.82) is 0 Å². The molecule has 0 aliphatic heterocycles. The van der Waals surface area contributed by atoms with E-state index in [0.29, 0.717) is 35.0 Å². The van der Waals surface area contributed by atoms with Crippen LogP contribution in [0, 0.1) is 12.7 Å². The summed E-state index contributed by atoms with van der Waals surface area (Å²) < 4.78 is 8.90. The normalized spacial score (nSPS) is 11.8. The molecule has 0 amide bonds. The monoisotopic (exact) mass is 611 g/mol. The van der Waals surface area contributed by atoms with Crippen molar-refractivity contribution in [1.82, 2.24) is 39.5 Å². The average molecular weight is 612 g/mol. The van der Waals surface area contributed by atoms with Gasteiger partial charge in [0.25, 0.3) is 0 Å². The van der Waals surface area contributed by atoms with Gasteiger partial charge in [-0.2, -0.15) is 0 Å². The van der Waals surface area contributed by atoms with E-state index < -0.39 is 0 Å². The van der Waals surface area contributed by atoms with Crippen molar-refractivity contribution in [2.24, 2.45) is 0 Å². The number of hydrogen-bond acceptors (Lipinski definition) is 7. The van der Waals surface area contributed by atoms with Gasteiger partial charge in [-0.15, -0.1) is 0 Å². The molecule has 10 heteroatoms. The second-order valence-corrected chi connectivity index (χ2v) is 9.16. The van der Waals surface area contributed by atoms with E-state index in [4.69, 9.17) is 4.74 Å². The Hall–Kier alpha value is -2.93. The topological polar surface area (TPSA) is 96.4 Å². The van der Waals surface area contributed by atoms with E-state index >= 15 is 0 Å². The zero-order chi connectivity index (χ0) is 22.2. The third-order valence-corrected chi connectivity index (χ3v) is 4.29. The molecule has 4 aromatic heterocycles. The minimum absolute atomic E-state index is 0. The predicted molar refractivity (Wildman–Crippen MR) is 113 cm³/mol. The first-order valence-corrected chi connectivity index (χ1v) is 9.93. The molecular formula is C22H24N8OPt. The SMILES string of the molecule is CC(C)(C)c1n[c-]n(-c2cccc(Oc3cccc(-n4[c-]nc(C(C)(C)C)n4)n3)n2)n1.[Pt+2]. The fourth-order valence-corrected chi connectivity index (χ4v) is 2.57. The van der Waals surface area contributed by atoms with Crippen molar-refractivity contribution in [3.63, 3.8) is 0 Å². The zero-order valence-electron chi connectivity index (χ0n) is 18.8. The number of hydrogen-bond donors (Lipinski definition) is 0. The van der Waals surface area contributed by atoms with Crippen LogP contribution in [0.5, 0.6) is 11.8 Å². The van der Waals surface area contributed by atoms with Crippen molar-refractivity contribution < 1.29 is 25.8 Å². The van der Waals surface area contributed by atoms with Crippen molar-refractivity contribution in [2.75, 3.05) is 0 Å². The van der Waals surface area contributed by atoms with Gasteiger partial charge in [-0.05, 0) is 23.0 Å². The van der Waals surface area contributed by atoms with Crippen molar-refractivity contribution in [2.45, 2.75) is 52.4 Å². The standard InChI is InChI=1S/C22H24N8O.Pt/c1-21(2,3)19-23-13-29(27-19)15-9-7-11-17(25-15)31-18-12-8-10-16(26-18)30-14-24-20(28-30)22(4,5)6;/h7-12H,1-6H3;/q-2;+2. The summed E-state index contributed by atoms with van der Waals surface area (Å²) in [4.78, 5) is 17.5. The first-order chi connectivity index (χ1) is 14.6. The van der Waals surface area contributed by atoms with Crippen LogP contribution in [-0.2, 0) is 31.9 Å². The number of rotatable bonds is 4. The molecule has 0 saturated carbocycles. The molecule has 0 aliphatic carbocycles. The Balaban J connectivity index is 0.00000289. The molecule has 0 spiro atoms. The summed E-state index contributed by atoms with van der Waals surface area (Å²) >= 11 is 0. The van der Waals surface area contributed by atoms with Crippen LogP contribution in [0.3, 0.4) is 0 Å². The Bertz CT molecular complexity index is 1110. The largest absolute Gasteiger partial charge is 2.00 e. The molecule has 32 heavy (non-hydrogen) atoms. The molecule has 4 aromatic rings. The number of ether oxygens (including phenoxy) is 1. The molecule has 9 nitrogen and oxygen atoms in total. The summed E-state index contributed by atoms with van der Waals surface area (Å²) in [6, 6.07) is 10.8. The Morgan fingerprint density at radius 3 is 1.44 bits per heavy atom. The van der Waals surface area contributed by atoms with Crippen LogP contribution in [0.25, 0.3) is 11.6 Å². The smallest absolute Gasteiger partial charge is 0.423 e. The van der Waals surface area contributed by atoms with E-state index in [-0.39, 0.29) is 31.9 Å². The van der Waals surface area contributed by atoms with Gasteiger partial charge in [0.2, 0.25) is 11.8 Å². The van der Waals surface area contributed by atoms with Crippen LogP contribution in [0.15, 0.2) is 36.4 Å². The molecule has 4 heterocycles. The van der Waals surface area contributed by atoms with Crippen LogP contribution < -0.4 is 4.74 Å². The summed E-state index contributed by atoms with van der Waals surface area (Å²) in [7, 11) is 0. The van der Waals surface area contributed by atoms with Gasteiger partial charge in [-0.25, -0.2) is 10.2 Å². The van der Waals surface area contributed by atoms with Crippen LogP contribution in [0.4, 0.5) is 0 Å². The summed E-state index contributed by atoms with van der Waals surface area (Å²) in [6.45, 7) is 12.3. The summed E-state index contributed by atoms with van der Waals surface area (Å²) in [6.07, 6.45) is 5.73. The Labute approximate surface area is 201 Å². The minimum Gasteiger partial charge on any atom is -0.423 e. The first-order valence-electron chi connectivity index (χ1n) is 9.93. The fraction of sp³-hybridized carbons (Fsp3) is 0.364. The third-order valence-electron chi connectivity index (χ3n) is 4.29. The van der Waals surface area contributed by atoms with Gasteiger partial charge in [0.15, 0.2) is 0 Å². The molecule has 0 aliphatic rings. The second-order valence-electron chi connectivity index (χ2n) is 9.16. The Kier molecular flexibility index (Phi) is 6.60. The number of pyridine rings is 2. The third kappa shape index (κ3) is 5.27. The van der Waals surface area contributed by atoms with Crippen molar-refractivity contribution in [3.8, 4) is 23.4 Å². The predicted octanol–water partition coefficient (Wildman–Crippen LogP) is 3.62. The van der Waals surface area contributed by atoms with E-state index in [2.05, 4.69) is 42.8 Å². The van der Waals surface area contributed by atoms with Gasteiger partial charge in [0.1, 0.15) is 0 Å². The maximum atomic E-state index is 5.88. The zero-order valence-corrected chi connectivity index (χ0v) is 21.0. The average Bonchev–Trinajstić information content (AvgIpc) is 3.38. The molecule has 0 fully saturated rings. The molecule has 0 bridgehead atoms. The van der Waals surface area contributed by atoms with E-state index in [0.717, 1.165) is 0 Å². The molecule has 0 radical (unpaired) electrons. The van der Waals surface area contributed by atoms with Gasteiger partial charge in [0.05, 0.1) is 23.3 Å². The van der Waals surface area contributed by atoms with E-state index in [1.807, 2.05) is 65.8 Å². The molecule has 0 aromatic carbocycles. The Morgan fingerprint density at radius 1 is 0.688 bits per heavy atom. The second kappa shape index (κ2) is 8.90. The molecule has 0 atom stereocenters. The summed E-state index contributed by atoms with van der Waals surface area (Å²) in [5.41, 5.74) is -0.350. The van der Waals surface area contributed by atoms with E-state index in [9.17, 15) is 0 Å². The van der Waals surface area contributed by atoms with Crippen LogP contribution in [0.2, 0.25) is 0 Å². The van der Waals surface area contributed by atoms with Gasteiger partial charge in [-0.1, -0.05) is 65.8 Å². The van der Waals surface area contributed by atoms with Gasteiger partial charge < -0.3 is 24.1 Å². The number of aromatic nitrogens is 8. The molecular weight excluding hydrogens is 587 g/mol. The fourth-order valence-electron chi connectivity index (χ4n) is 2.57. The quantitative estimate of drug-likeness (QED) is 0.326. The molecule has 168 valence electrons. The summed E-state index contributed by atoms with van der Waals surface area (Å²) in [5, 5.41) is 8.94. The van der Waals surface area contributed by atoms with Gasteiger partial charge in [0, 0.05) is 12.7 Å². The van der Waals surface area contributed by atoms with E-state index in [1.165, 1.54) is 9.36 Å². The first kappa shape index (κ1) is 23.7. The van der Waals surface area contributed by atoms with Crippen molar-refractivity contribution >= 4 is 0 Å². The van der Waals surface area contributed by atoms with Gasteiger partial charge >= 0.3 is 21.1 Å². The summed E-state index contributed by atoms with van der Waals surface area (Å²) in [5.74, 6) is 3.23. The Morgan fingerprint density at radius 2 is 1.09 bits per heavy atom. The van der Waals surface area contributed by atoms with Crippen LogP contribution >= 0.6 is 0 Å². The molecule has 0 unspecified atom stereocenters. The number of nitrogens with zero attached hydrogens (tertiary/aromatic N) is 8. The molecule has 4 rings (SSSR count). The van der Waals surface area contributed by atoms with Gasteiger partial charge in [-0.3, -0.25) is 9.97 Å². The minimum atomic E-state index is -0.175. The van der Waals surface area contributed by atoms with Crippen molar-refractivity contribution in [3.05, 3.63) is 60.7 Å².